The van der Waals surface area contributed by atoms with E-state index in [0.29, 0.717) is 6.04 Å². The van der Waals surface area contributed by atoms with E-state index in [0.717, 1.165) is 6.54 Å². The largest absolute Gasteiger partial charge is 0.349 e. The quantitative estimate of drug-likeness (QED) is 0.847. The van der Waals surface area contributed by atoms with Crippen molar-refractivity contribution >= 4 is 26.8 Å². The smallest absolute Gasteiger partial charge is 0.0537 e. The fourth-order valence-electron chi connectivity index (χ4n) is 2.85. The van der Waals surface area contributed by atoms with E-state index in [1.54, 1.807) is 0 Å². The first-order valence-electron chi connectivity index (χ1n) is 6.24. The van der Waals surface area contributed by atoms with Gasteiger partial charge in [-0.3, -0.25) is 0 Å². The summed E-state index contributed by atoms with van der Waals surface area (Å²) in [6, 6.07) is 7.13. The predicted octanol–water partition coefficient (Wildman–Crippen LogP) is 3.76. The Morgan fingerprint density at radius 1 is 1.35 bits per heavy atom. The van der Waals surface area contributed by atoms with E-state index in [1.165, 1.54) is 40.2 Å². The van der Waals surface area contributed by atoms with E-state index in [-0.39, 0.29) is 0 Å². The van der Waals surface area contributed by atoms with Crippen LogP contribution in [-0.4, -0.2) is 11.1 Å². The molecule has 1 aromatic carbocycles. The number of hydrogen-bond acceptors (Lipinski definition) is 1. The summed E-state index contributed by atoms with van der Waals surface area (Å²) in [5.41, 5.74) is 2.80. The molecular weight excluding hydrogens is 276 g/mol. The first kappa shape index (κ1) is 11.3. The molecule has 3 rings (SSSR count). The van der Waals surface area contributed by atoms with Crippen molar-refractivity contribution < 1.29 is 0 Å². The average Bonchev–Trinajstić information content (AvgIpc) is 2.66. The summed E-state index contributed by atoms with van der Waals surface area (Å²) in [5, 5.41) is 4.95. The summed E-state index contributed by atoms with van der Waals surface area (Å²) in [6.45, 7) is 1.15. The molecule has 3 heteroatoms. The topological polar surface area (TPSA) is 17.0 Å². The average molecular weight is 293 g/mol. The summed E-state index contributed by atoms with van der Waals surface area (Å²) in [4.78, 5) is 0. The SMILES string of the molecule is Cn1cc(Br)c2cccc(C3CCCCN3)c21. The molecule has 17 heavy (non-hydrogen) atoms. The van der Waals surface area contributed by atoms with Gasteiger partial charge in [0.15, 0.2) is 0 Å². The predicted molar refractivity (Wildman–Crippen MR) is 75.2 cm³/mol. The Kier molecular flexibility index (Phi) is 2.97. The first-order valence-corrected chi connectivity index (χ1v) is 7.03. The Bertz CT molecular complexity index is 538. The van der Waals surface area contributed by atoms with E-state index in [9.17, 15) is 0 Å². The molecule has 0 bridgehead atoms. The Hall–Kier alpha value is -0.800. The van der Waals surface area contributed by atoms with E-state index in [4.69, 9.17) is 0 Å². The van der Waals surface area contributed by atoms with Gasteiger partial charge in [0.2, 0.25) is 0 Å². The van der Waals surface area contributed by atoms with Crippen molar-refractivity contribution in [3.8, 4) is 0 Å². The molecule has 0 aliphatic carbocycles. The number of benzene rings is 1. The molecule has 90 valence electrons. The van der Waals surface area contributed by atoms with E-state index in [2.05, 4.69) is 57.3 Å². The molecule has 1 unspecified atom stereocenters. The number of rotatable bonds is 1. The Labute approximate surface area is 110 Å². The van der Waals surface area contributed by atoms with Crippen LogP contribution in [0.1, 0.15) is 30.9 Å². The lowest BCUT2D eigenvalue weighted by Gasteiger charge is -2.24. The molecule has 1 aliphatic heterocycles. The molecule has 0 amide bonds. The summed E-state index contributed by atoms with van der Waals surface area (Å²) < 4.78 is 3.41. The van der Waals surface area contributed by atoms with Crippen molar-refractivity contribution in [1.82, 2.24) is 9.88 Å². The monoisotopic (exact) mass is 292 g/mol. The molecule has 1 N–H and O–H groups in total. The van der Waals surface area contributed by atoms with Gasteiger partial charge in [-0.1, -0.05) is 24.6 Å². The van der Waals surface area contributed by atoms with Gasteiger partial charge in [-0.25, -0.2) is 0 Å². The van der Waals surface area contributed by atoms with Crippen LogP contribution in [0.25, 0.3) is 10.9 Å². The van der Waals surface area contributed by atoms with Gasteiger partial charge in [-0.05, 0) is 40.9 Å². The van der Waals surface area contributed by atoms with Crippen LogP contribution < -0.4 is 5.32 Å². The van der Waals surface area contributed by atoms with Crippen LogP contribution >= 0.6 is 15.9 Å². The fraction of sp³-hybridized carbons (Fsp3) is 0.429. The Morgan fingerprint density at radius 3 is 3.00 bits per heavy atom. The molecule has 1 aromatic heterocycles. The van der Waals surface area contributed by atoms with Gasteiger partial charge in [0.1, 0.15) is 0 Å². The Morgan fingerprint density at radius 2 is 2.24 bits per heavy atom. The van der Waals surface area contributed by atoms with Gasteiger partial charge in [0.25, 0.3) is 0 Å². The molecule has 0 spiro atoms. The molecule has 1 aliphatic rings. The van der Waals surface area contributed by atoms with Gasteiger partial charge < -0.3 is 9.88 Å². The van der Waals surface area contributed by atoms with E-state index >= 15 is 0 Å². The van der Waals surface area contributed by atoms with Crippen molar-refractivity contribution in [2.45, 2.75) is 25.3 Å². The van der Waals surface area contributed by atoms with Crippen molar-refractivity contribution in [2.75, 3.05) is 6.54 Å². The van der Waals surface area contributed by atoms with Crippen molar-refractivity contribution in [2.24, 2.45) is 7.05 Å². The lowest BCUT2D eigenvalue weighted by Crippen LogP contribution is -2.27. The number of halogens is 1. The number of para-hydroxylation sites is 1. The van der Waals surface area contributed by atoms with Gasteiger partial charge in [0, 0.05) is 29.1 Å². The maximum absolute atomic E-state index is 3.64. The van der Waals surface area contributed by atoms with Gasteiger partial charge in [0.05, 0.1) is 5.52 Å². The number of piperidine rings is 1. The van der Waals surface area contributed by atoms with Crippen LogP contribution in [-0.2, 0) is 7.05 Å². The molecule has 2 heterocycles. The lowest BCUT2D eigenvalue weighted by atomic mass is 9.96. The molecule has 0 saturated carbocycles. The molecule has 1 fully saturated rings. The van der Waals surface area contributed by atoms with Crippen LogP contribution in [0.5, 0.6) is 0 Å². The number of aryl methyl sites for hydroxylation is 1. The van der Waals surface area contributed by atoms with Crippen molar-refractivity contribution in [3.63, 3.8) is 0 Å². The highest BCUT2D eigenvalue weighted by molar-refractivity contribution is 9.10. The minimum Gasteiger partial charge on any atom is -0.349 e. The summed E-state index contributed by atoms with van der Waals surface area (Å²) >= 11 is 3.63. The maximum atomic E-state index is 3.64. The highest BCUT2D eigenvalue weighted by Crippen LogP contribution is 2.33. The fourth-order valence-corrected chi connectivity index (χ4v) is 3.48. The third kappa shape index (κ3) is 1.91. The molecule has 2 nitrogen and oxygen atoms in total. The standard InChI is InChI=1S/C14H17BrN2/c1-17-9-12(15)10-5-4-6-11(14(10)17)13-7-2-3-8-16-13/h4-6,9,13,16H,2-3,7-8H2,1H3. The van der Waals surface area contributed by atoms with Crippen LogP contribution in [0.4, 0.5) is 0 Å². The number of nitrogens with zero attached hydrogens (tertiary/aromatic N) is 1. The molecular formula is C14H17BrN2. The number of fused-ring (bicyclic) bond motifs is 1. The molecule has 2 aromatic rings. The minimum absolute atomic E-state index is 0.521. The Balaban J connectivity index is 2.15. The number of aromatic nitrogens is 1. The zero-order valence-electron chi connectivity index (χ0n) is 10.0. The minimum atomic E-state index is 0.521. The maximum Gasteiger partial charge on any atom is 0.0537 e. The third-order valence-corrected chi connectivity index (χ3v) is 4.30. The summed E-state index contributed by atoms with van der Waals surface area (Å²) in [7, 11) is 2.12. The second-order valence-corrected chi connectivity index (χ2v) is 5.69. The third-order valence-electron chi connectivity index (χ3n) is 3.67. The van der Waals surface area contributed by atoms with E-state index < -0.39 is 0 Å². The summed E-state index contributed by atoms with van der Waals surface area (Å²) in [5.74, 6) is 0. The number of nitrogens with one attached hydrogen (secondary N) is 1. The van der Waals surface area contributed by atoms with Crippen LogP contribution in [0, 0.1) is 0 Å². The second-order valence-electron chi connectivity index (χ2n) is 4.83. The second kappa shape index (κ2) is 4.46. The van der Waals surface area contributed by atoms with Gasteiger partial charge in [-0.2, -0.15) is 0 Å². The normalized spacial score (nSPS) is 20.9. The van der Waals surface area contributed by atoms with Crippen molar-refractivity contribution in [1.29, 1.82) is 0 Å². The van der Waals surface area contributed by atoms with Crippen LogP contribution in [0.3, 0.4) is 0 Å². The first-order chi connectivity index (χ1) is 8.27. The highest BCUT2D eigenvalue weighted by atomic mass is 79.9. The molecule has 1 atom stereocenters. The zero-order valence-corrected chi connectivity index (χ0v) is 11.6. The van der Waals surface area contributed by atoms with E-state index in [1.807, 2.05) is 0 Å². The van der Waals surface area contributed by atoms with Gasteiger partial charge >= 0.3 is 0 Å². The van der Waals surface area contributed by atoms with Crippen molar-refractivity contribution in [3.05, 3.63) is 34.4 Å². The zero-order chi connectivity index (χ0) is 11.8. The summed E-state index contributed by atoms with van der Waals surface area (Å²) in [6.07, 6.45) is 6.04. The lowest BCUT2D eigenvalue weighted by molar-refractivity contribution is 0.413. The molecule has 0 radical (unpaired) electrons. The van der Waals surface area contributed by atoms with Crippen LogP contribution in [0.2, 0.25) is 0 Å². The van der Waals surface area contributed by atoms with Gasteiger partial charge in [-0.15, -0.1) is 0 Å². The van der Waals surface area contributed by atoms with Crippen LogP contribution in [0.15, 0.2) is 28.9 Å². The highest BCUT2D eigenvalue weighted by Gasteiger charge is 2.19. The molecule has 1 saturated heterocycles. The number of hydrogen-bond donors (Lipinski definition) is 1.